The molecule has 0 spiro atoms. The normalized spacial score (nSPS) is 16.5. The second-order valence-corrected chi connectivity index (χ2v) is 6.15. The number of aliphatic hydroxyl groups is 1. The quantitative estimate of drug-likeness (QED) is 0.891. The molecule has 0 aliphatic carbocycles. The molecule has 1 aromatic carbocycles. The maximum absolute atomic E-state index is 10.4. The van der Waals surface area contributed by atoms with Crippen LogP contribution in [0.4, 0.5) is 0 Å². The molecule has 1 aromatic heterocycles. The van der Waals surface area contributed by atoms with Gasteiger partial charge in [0.2, 0.25) is 0 Å². The van der Waals surface area contributed by atoms with Crippen molar-refractivity contribution in [2.24, 2.45) is 0 Å². The van der Waals surface area contributed by atoms with Gasteiger partial charge in [0.25, 0.3) is 0 Å². The van der Waals surface area contributed by atoms with Gasteiger partial charge in [-0.25, -0.2) is 0 Å². The van der Waals surface area contributed by atoms with Gasteiger partial charge in [-0.3, -0.25) is 0 Å². The van der Waals surface area contributed by atoms with Crippen LogP contribution in [0.3, 0.4) is 0 Å². The highest BCUT2D eigenvalue weighted by Gasteiger charge is 2.22. The molecule has 4 nitrogen and oxygen atoms in total. The minimum atomic E-state index is -0.853. The van der Waals surface area contributed by atoms with Crippen LogP contribution in [0.5, 0.6) is 11.5 Å². The standard InChI is InChI=1S/C16H19NO3S/c1-16(18,13-4-7-21-10-13)11-17-9-12-2-3-14-15(8-12)20-6-5-19-14/h2-4,7-8,10,17-18H,5-6,9,11H2,1H3. The fraction of sp³-hybridized carbons (Fsp3) is 0.375. The Morgan fingerprint density at radius 3 is 2.81 bits per heavy atom. The molecule has 0 saturated heterocycles. The summed E-state index contributed by atoms with van der Waals surface area (Å²) >= 11 is 1.59. The van der Waals surface area contributed by atoms with Crippen molar-refractivity contribution < 1.29 is 14.6 Å². The van der Waals surface area contributed by atoms with Gasteiger partial charge in [-0.2, -0.15) is 11.3 Å². The molecule has 5 heteroatoms. The van der Waals surface area contributed by atoms with Crippen LogP contribution in [-0.4, -0.2) is 24.9 Å². The Morgan fingerprint density at radius 1 is 1.24 bits per heavy atom. The first-order valence-corrected chi connectivity index (χ1v) is 7.94. The maximum Gasteiger partial charge on any atom is 0.161 e. The Balaban J connectivity index is 1.58. The zero-order chi connectivity index (χ0) is 14.7. The van der Waals surface area contributed by atoms with Crippen LogP contribution >= 0.6 is 11.3 Å². The first kappa shape index (κ1) is 14.4. The summed E-state index contributed by atoms with van der Waals surface area (Å²) in [6.45, 7) is 4.20. The largest absolute Gasteiger partial charge is 0.486 e. The lowest BCUT2D eigenvalue weighted by atomic mass is 9.99. The van der Waals surface area contributed by atoms with Gasteiger partial charge < -0.3 is 19.9 Å². The Kier molecular flexibility index (Phi) is 4.14. The molecule has 2 heterocycles. The number of ether oxygens (including phenoxy) is 2. The van der Waals surface area contributed by atoms with E-state index >= 15 is 0 Å². The summed E-state index contributed by atoms with van der Waals surface area (Å²) in [6.07, 6.45) is 0. The van der Waals surface area contributed by atoms with Crippen molar-refractivity contribution in [1.29, 1.82) is 0 Å². The molecule has 0 fully saturated rings. The van der Waals surface area contributed by atoms with E-state index < -0.39 is 5.60 Å². The number of hydrogen-bond donors (Lipinski definition) is 2. The molecule has 0 amide bonds. The molecule has 0 radical (unpaired) electrons. The number of rotatable bonds is 5. The monoisotopic (exact) mass is 305 g/mol. The van der Waals surface area contributed by atoms with Crippen molar-refractivity contribution in [1.82, 2.24) is 5.32 Å². The third-order valence-corrected chi connectivity index (χ3v) is 4.23. The van der Waals surface area contributed by atoms with Crippen LogP contribution in [0, 0.1) is 0 Å². The highest BCUT2D eigenvalue weighted by Crippen LogP contribution is 2.30. The third kappa shape index (κ3) is 3.37. The van der Waals surface area contributed by atoms with Crippen molar-refractivity contribution in [3.05, 3.63) is 46.2 Å². The summed E-state index contributed by atoms with van der Waals surface area (Å²) in [6, 6.07) is 7.89. The molecule has 0 bridgehead atoms. The van der Waals surface area contributed by atoms with E-state index in [1.807, 2.05) is 41.9 Å². The lowest BCUT2D eigenvalue weighted by Crippen LogP contribution is -2.34. The average molecular weight is 305 g/mol. The van der Waals surface area contributed by atoms with E-state index in [9.17, 15) is 5.11 Å². The molecule has 1 unspecified atom stereocenters. The molecule has 2 N–H and O–H groups in total. The van der Waals surface area contributed by atoms with E-state index in [-0.39, 0.29) is 0 Å². The second-order valence-electron chi connectivity index (χ2n) is 5.37. The third-order valence-electron chi connectivity index (χ3n) is 3.55. The zero-order valence-electron chi connectivity index (χ0n) is 12.0. The highest BCUT2D eigenvalue weighted by molar-refractivity contribution is 7.08. The summed E-state index contributed by atoms with van der Waals surface area (Å²) < 4.78 is 11.1. The molecule has 0 saturated carbocycles. The van der Waals surface area contributed by atoms with E-state index in [4.69, 9.17) is 9.47 Å². The van der Waals surface area contributed by atoms with Gasteiger partial charge in [0.1, 0.15) is 13.2 Å². The number of thiophene rings is 1. The smallest absolute Gasteiger partial charge is 0.161 e. The lowest BCUT2D eigenvalue weighted by Gasteiger charge is -2.23. The van der Waals surface area contributed by atoms with Gasteiger partial charge in [-0.1, -0.05) is 6.07 Å². The predicted octanol–water partition coefficient (Wildman–Crippen LogP) is 2.52. The summed E-state index contributed by atoms with van der Waals surface area (Å²) in [5.74, 6) is 1.60. The summed E-state index contributed by atoms with van der Waals surface area (Å²) in [7, 11) is 0. The van der Waals surface area contributed by atoms with Crippen molar-refractivity contribution >= 4 is 11.3 Å². The second kappa shape index (κ2) is 6.05. The molecule has 1 aliphatic heterocycles. The minimum Gasteiger partial charge on any atom is -0.486 e. The molecular formula is C16H19NO3S. The van der Waals surface area contributed by atoms with Gasteiger partial charge in [0.05, 0.1) is 5.60 Å². The molecule has 112 valence electrons. The minimum absolute atomic E-state index is 0.498. The van der Waals surface area contributed by atoms with Crippen LogP contribution in [0.25, 0.3) is 0 Å². The van der Waals surface area contributed by atoms with E-state index in [2.05, 4.69) is 5.32 Å². The summed E-state index contributed by atoms with van der Waals surface area (Å²) in [4.78, 5) is 0. The SMILES string of the molecule is CC(O)(CNCc1ccc2c(c1)OCCO2)c1ccsc1. The predicted molar refractivity (Wildman–Crippen MR) is 83.0 cm³/mol. The first-order chi connectivity index (χ1) is 10.1. The molecule has 2 aromatic rings. The number of hydrogen-bond acceptors (Lipinski definition) is 5. The fourth-order valence-corrected chi connectivity index (χ4v) is 3.10. The highest BCUT2D eigenvalue weighted by atomic mass is 32.1. The van der Waals surface area contributed by atoms with Crippen molar-refractivity contribution in [3.63, 3.8) is 0 Å². The first-order valence-electron chi connectivity index (χ1n) is 6.99. The van der Waals surface area contributed by atoms with Crippen molar-refractivity contribution in [3.8, 4) is 11.5 Å². The lowest BCUT2D eigenvalue weighted by molar-refractivity contribution is 0.0571. The van der Waals surface area contributed by atoms with Crippen LogP contribution in [0.1, 0.15) is 18.1 Å². The Hall–Kier alpha value is -1.56. The fourth-order valence-electron chi connectivity index (χ4n) is 2.32. The van der Waals surface area contributed by atoms with Crippen LogP contribution < -0.4 is 14.8 Å². The zero-order valence-corrected chi connectivity index (χ0v) is 12.8. The van der Waals surface area contributed by atoms with Crippen molar-refractivity contribution in [2.75, 3.05) is 19.8 Å². The van der Waals surface area contributed by atoms with Crippen molar-refractivity contribution in [2.45, 2.75) is 19.1 Å². The van der Waals surface area contributed by atoms with Crippen LogP contribution in [0.15, 0.2) is 35.0 Å². The van der Waals surface area contributed by atoms with E-state index in [1.165, 1.54) is 0 Å². The Morgan fingerprint density at radius 2 is 2.05 bits per heavy atom. The van der Waals surface area contributed by atoms with Crippen LogP contribution in [-0.2, 0) is 12.1 Å². The Labute approximate surface area is 128 Å². The molecule has 3 rings (SSSR count). The van der Waals surface area contributed by atoms with Gasteiger partial charge in [0, 0.05) is 13.1 Å². The van der Waals surface area contributed by atoms with E-state index in [1.54, 1.807) is 11.3 Å². The number of fused-ring (bicyclic) bond motifs is 1. The van der Waals surface area contributed by atoms with E-state index in [0.717, 1.165) is 22.6 Å². The van der Waals surface area contributed by atoms with E-state index in [0.29, 0.717) is 26.3 Å². The Bertz CT molecular complexity index is 596. The van der Waals surface area contributed by atoms with Gasteiger partial charge in [0.15, 0.2) is 11.5 Å². The van der Waals surface area contributed by atoms with Gasteiger partial charge in [-0.05, 0) is 47.0 Å². The maximum atomic E-state index is 10.4. The molecule has 21 heavy (non-hydrogen) atoms. The number of nitrogens with one attached hydrogen (secondary N) is 1. The summed E-state index contributed by atoms with van der Waals surface area (Å²) in [5, 5.41) is 17.7. The van der Waals surface area contributed by atoms with Crippen LogP contribution in [0.2, 0.25) is 0 Å². The van der Waals surface area contributed by atoms with Gasteiger partial charge >= 0.3 is 0 Å². The molecule has 1 atom stereocenters. The molecule has 1 aliphatic rings. The van der Waals surface area contributed by atoms with Gasteiger partial charge in [-0.15, -0.1) is 0 Å². The topological polar surface area (TPSA) is 50.7 Å². The summed E-state index contributed by atoms with van der Waals surface area (Å²) in [5.41, 5.74) is 1.20. The number of benzene rings is 1. The molecular weight excluding hydrogens is 286 g/mol. The average Bonchev–Trinajstić information content (AvgIpc) is 3.02.